The van der Waals surface area contributed by atoms with Gasteiger partial charge in [0, 0.05) is 11.1 Å². The van der Waals surface area contributed by atoms with Crippen molar-refractivity contribution in [1.29, 1.82) is 0 Å². The van der Waals surface area contributed by atoms with E-state index in [-0.39, 0.29) is 0 Å². The van der Waals surface area contributed by atoms with Gasteiger partial charge in [0.05, 0.1) is 0 Å². The van der Waals surface area contributed by atoms with Crippen molar-refractivity contribution in [2.75, 3.05) is 0 Å². The number of carbonyl (C=O) groups is 2. The molecule has 0 aliphatic rings. The van der Waals surface area contributed by atoms with E-state index in [1.807, 2.05) is 18.2 Å². The third-order valence-electron chi connectivity index (χ3n) is 3.08. The van der Waals surface area contributed by atoms with E-state index < -0.39 is 11.6 Å². The van der Waals surface area contributed by atoms with Gasteiger partial charge in [-0.15, -0.1) is 0 Å². The first-order chi connectivity index (χ1) is 9.09. The number of Topliss-reactive ketones (excluding diaryl/α,β-unsaturated/α-hetero) is 2. The van der Waals surface area contributed by atoms with Gasteiger partial charge in [0.15, 0.2) is 0 Å². The van der Waals surface area contributed by atoms with Crippen LogP contribution in [-0.4, -0.2) is 11.6 Å². The van der Waals surface area contributed by atoms with Crippen molar-refractivity contribution in [3.8, 4) is 0 Å². The Kier molecular flexibility index (Phi) is 3.91. The van der Waals surface area contributed by atoms with Gasteiger partial charge in [-0.1, -0.05) is 68.4 Å². The van der Waals surface area contributed by atoms with E-state index in [1.54, 1.807) is 36.4 Å². The summed E-state index contributed by atoms with van der Waals surface area (Å²) in [5.41, 5.74) is 2.03. The highest BCUT2D eigenvalue weighted by molar-refractivity contribution is 6.49. The molecule has 0 N–H and O–H groups in total. The highest BCUT2D eigenvalue weighted by Crippen LogP contribution is 2.16. The largest absolute Gasteiger partial charge is 0.285 e. The van der Waals surface area contributed by atoms with Gasteiger partial charge in [0.25, 0.3) is 0 Å². The first-order valence-corrected chi connectivity index (χ1v) is 6.33. The number of rotatable bonds is 4. The molecule has 0 aliphatic heterocycles. The fraction of sp³-hybridized carbons (Fsp3) is 0.176. The molecule has 0 saturated heterocycles. The second kappa shape index (κ2) is 5.61. The van der Waals surface area contributed by atoms with Crippen molar-refractivity contribution >= 4 is 11.6 Å². The lowest BCUT2D eigenvalue weighted by atomic mass is 9.97. The molecule has 2 nitrogen and oxygen atoms in total. The van der Waals surface area contributed by atoms with Gasteiger partial charge in [-0.25, -0.2) is 0 Å². The minimum absolute atomic E-state index is 0.411. The lowest BCUT2D eigenvalue weighted by molar-refractivity contribution is 0.0817. The predicted molar refractivity (Wildman–Crippen MR) is 75.6 cm³/mol. The van der Waals surface area contributed by atoms with E-state index in [9.17, 15) is 9.59 Å². The molecule has 0 unspecified atom stereocenters. The third kappa shape index (κ3) is 2.97. The lowest BCUT2D eigenvalue weighted by Gasteiger charge is -2.06. The Balaban J connectivity index is 2.22. The molecule has 2 aromatic rings. The molecule has 96 valence electrons. The summed E-state index contributed by atoms with van der Waals surface area (Å²) in [6.45, 7) is 4.18. The standard InChI is InChI=1S/C17H16O2/c1-12(2)13-8-10-15(11-9-13)17(19)16(18)14-6-4-3-5-7-14/h3-12H,1-2H3. The van der Waals surface area contributed by atoms with Gasteiger partial charge in [-0.05, 0) is 11.5 Å². The Morgan fingerprint density at radius 1 is 0.737 bits per heavy atom. The number of benzene rings is 2. The smallest absolute Gasteiger partial charge is 0.233 e. The summed E-state index contributed by atoms with van der Waals surface area (Å²) in [7, 11) is 0. The van der Waals surface area contributed by atoms with Crippen LogP contribution in [0.4, 0.5) is 0 Å². The first-order valence-electron chi connectivity index (χ1n) is 6.33. The van der Waals surface area contributed by atoms with Gasteiger partial charge < -0.3 is 0 Å². The Hall–Kier alpha value is -2.22. The average Bonchev–Trinajstić information content (AvgIpc) is 2.46. The molecule has 0 atom stereocenters. The highest BCUT2D eigenvalue weighted by atomic mass is 16.2. The zero-order valence-electron chi connectivity index (χ0n) is 11.1. The highest BCUT2D eigenvalue weighted by Gasteiger charge is 2.17. The van der Waals surface area contributed by atoms with Gasteiger partial charge in [-0.2, -0.15) is 0 Å². The van der Waals surface area contributed by atoms with Crippen molar-refractivity contribution < 1.29 is 9.59 Å². The molecule has 0 amide bonds. The molecule has 2 heteroatoms. The second-order valence-electron chi connectivity index (χ2n) is 4.80. The summed E-state index contributed by atoms with van der Waals surface area (Å²) < 4.78 is 0. The van der Waals surface area contributed by atoms with Crippen LogP contribution in [0, 0.1) is 0 Å². The second-order valence-corrected chi connectivity index (χ2v) is 4.80. The topological polar surface area (TPSA) is 34.1 Å². The normalized spacial score (nSPS) is 10.5. The Morgan fingerprint density at radius 3 is 1.68 bits per heavy atom. The molecule has 0 bridgehead atoms. The van der Waals surface area contributed by atoms with Crippen LogP contribution < -0.4 is 0 Å². The van der Waals surface area contributed by atoms with Crippen LogP contribution in [0.15, 0.2) is 54.6 Å². The molecule has 0 aliphatic carbocycles. The minimum atomic E-state index is -0.460. The van der Waals surface area contributed by atoms with Crippen molar-refractivity contribution in [2.45, 2.75) is 19.8 Å². The first kappa shape index (κ1) is 13.2. The third-order valence-corrected chi connectivity index (χ3v) is 3.08. The van der Waals surface area contributed by atoms with Crippen molar-refractivity contribution in [3.05, 3.63) is 71.3 Å². The molecule has 2 aromatic carbocycles. The van der Waals surface area contributed by atoms with E-state index in [2.05, 4.69) is 13.8 Å². The van der Waals surface area contributed by atoms with Crippen LogP contribution in [-0.2, 0) is 0 Å². The van der Waals surface area contributed by atoms with Crippen molar-refractivity contribution in [2.24, 2.45) is 0 Å². The number of hydrogen-bond acceptors (Lipinski definition) is 2. The summed E-state index contributed by atoms with van der Waals surface area (Å²) in [6, 6.07) is 15.9. The molecular weight excluding hydrogens is 236 g/mol. The number of hydrogen-bond donors (Lipinski definition) is 0. The zero-order valence-corrected chi connectivity index (χ0v) is 11.1. The lowest BCUT2D eigenvalue weighted by Crippen LogP contribution is -2.14. The monoisotopic (exact) mass is 252 g/mol. The molecule has 0 radical (unpaired) electrons. The molecule has 0 heterocycles. The SMILES string of the molecule is CC(C)c1ccc(C(=O)C(=O)c2ccccc2)cc1. The van der Waals surface area contributed by atoms with E-state index in [1.165, 1.54) is 0 Å². The maximum Gasteiger partial charge on any atom is 0.233 e. The summed E-state index contributed by atoms with van der Waals surface area (Å²) in [5.74, 6) is -0.506. The molecule has 0 aromatic heterocycles. The van der Waals surface area contributed by atoms with Crippen LogP contribution in [0.2, 0.25) is 0 Å². The Morgan fingerprint density at radius 2 is 1.21 bits per heavy atom. The van der Waals surface area contributed by atoms with Crippen LogP contribution in [0.1, 0.15) is 46.0 Å². The molecule has 0 spiro atoms. The fourth-order valence-corrected chi connectivity index (χ4v) is 1.87. The van der Waals surface area contributed by atoms with Gasteiger partial charge >= 0.3 is 0 Å². The zero-order chi connectivity index (χ0) is 13.8. The maximum atomic E-state index is 12.1. The van der Waals surface area contributed by atoms with Gasteiger partial charge in [-0.3, -0.25) is 9.59 Å². The maximum absolute atomic E-state index is 12.1. The summed E-state index contributed by atoms with van der Waals surface area (Å²) in [6.07, 6.45) is 0. The van der Waals surface area contributed by atoms with Crippen molar-refractivity contribution in [1.82, 2.24) is 0 Å². The van der Waals surface area contributed by atoms with Crippen LogP contribution in [0.25, 0.3) is 0 Å². The van der Waals surface area contributed by atoms with E-state index in [4.69, 9.17) is 0 Å². The van der Waals surface area contributed by atoms with Gasteiger partial charge in [0.1, 0.15) is 0 Å². The molecule has 2 rings (SSSR count). The molecule has 0 fully saturated rings. The number of ketones is 2. The van der Waals surface area contributed by atoms with Crippen LogP contribution in [0.5, 0.6) is 0 Å². The Bertz CT molecular complexity index is 580. The molecular formula is C17H16O2. The summed E-state index contributed by atoms with van der Waals surface area (Å²) in [4.78, 5) is 24.1. The van der Waals surface area contributed by atoms with E-state index in [0.29, 0.717) is 17.0 Å². The van der Waals surface area contributed by atoms with Gasteiger partial charge in [0.2, 0.25) is 11.6 Å². The predicted octanol–water partition coefficient (Wildman–Crippen LogP) is 3.88. The van der Waals surface area contributed by atoms with E-state index in [0.717, 1.165) is 5.56 Å². The summed E-state index contributed by atoms with van der Waals surface area (Å²) in [5, 5.41) is 0. The Labute approximate surface area is 113 Å². The van der Waals surface area contributed by atoms with Crippen LogP contribution >= 0.6 is 0 Å². The molecule has 19 heavy (non-hydrogen) atoms. The van der Waals surface area contributed by atoms with Crippen molar-refractivity contribution in [3.63, 3.8) is 0 Å². The molecule has 0 saturated carbocycles. The minimum Gasteiger partial charge on any atom is -0.285 e. The fourth-order valence-electron chi connectivity index (χ4n) is 1.87. The summed E-state index contributed by atoms with van der Waals surface area (Å²) >= 11 is 0. The van der Waals surface area contributed by atoms with E-state index >= 15 is 0 Å². The van der Waals surface area contributed by atoms with Crippen LogP contribution in [0.3, 0.4) is 0 Å². The number of carbonyl (C=O) groups excluding carboxylic acids is 2. The quantitative estimate of drug-likeness (QED) is 0.611. The average molecular weight is 252 g/mol.